The van der Waals surface area contributed by atoms with Gasteiger partial charge in [-0.2, -0.15) is 10.2 Å². The van der Waals surface area contributed by atoms with E-state index in [-0.39, 0.29) is 18.1 Å². The summed E-state index contributed by atoms with van der Waals surface area (Å²) in [5.41, 5.74) is 1.62. The SMILES string of the molecule is Cc1c(C(=O)Nc2cn(C)nc2C(=O)NCc2ccco2)cnn1C. The molecule has 3 rings (SSSR count). The number of amides is 2. The van der Waals surface area contributed by atoms with Crippen molar-refractivity contribution in [2.45, 2.75) is 13.5 Å². The fourth-order valence-corrected chi connectivity index (χ4v) is 2.32. The molecule has 2 N–H and O–H groups in total. The average Bonchev–Trinajstić information content (AvgIpc) is 3.28. The van der Waals surface area contributed by atoms with Gasteiger partial charge in [0.05, 0.1) is 30.3 Å². The van der Waals surface area contributed by atoms with E-state index in [1.54, 1.807) is 44.0 Å². The summed E-state index contributed by atoms with van der Waals surface area (Å²) in [6.07, 6.45) is 4.59. The highest BCUT2D eigenvalue weighted by molar-refractivity contribution is 6.08. The predicted molar refractivity (Wildman–Crippen MR) is 89.0 cm³/mol. The molecule has 0 radical (unpaired) electrons. The van der Waals surface area contributed by atoms with Crippen molar-refractivity contribution in [3.05, 3.63) is 53.5 Å². The fraction of sp³-hybridized carbons (Fsp3) is 0.250. The number of nitrogens with zero attached hydrogens (tertiary/aromatic N) is 4. The van der Waals surface area contributed by atoms with Crippen molar-refractivity contribution in [2.24, 2.45) is 14.1 Å². The Kier molecular flexibility index (Phi) is 4.38. The number of aryl methyl sites for hydroxylation is 2. The Balaban J connectivity index is 1.75. The number of furan rings is 1. The Labute approximate surface area is 143 Å². The lowest BCUT2D eigenvalue weighted by Gasteiger charge is -2.05. The van der Waals surface area contributed by atoms with Gasteiger partial charge in [0.25, 0.3) is 11.8 Å². The van der Waals surface area contributed by atoms with E-state index in [9.17, 15) is 9.59 Å². The number of carbonyl (C=O) groups is 2. The van der Waals surface area contributed by atoms with Crippen LogP contribution >= 0.6 is 0 Å². The first-order chi connectivity index (χ1) is 12.0. The Bertz CT molecular complexity index is 907. The summed E-state index contributed by atoms with van der Waals surface area (Å²) in [7, 11) is 3.43. The van der Waals surface area contributed by atoms with Gasteiger partial charge in [0.2, 0.25) is 0 Å². The van der Waals surface area contributed by atoms with Gasteiger partial charge in [-0.15, -0.1) is 0 Å². The van der Waals surface area contributed by atoms with E-state index in [1.165, 1.54) is 17.1 Å². The molecular weight excluding hydrogens is 324 g/mol. The number of anilines is 1. The van der Waals surface area contributed by atoms with Crippen LogP contribution in [0.25, 0.3) is 0 Å². The van der Waals surface area contributed by atoms with Gasteiger partial charge in [-0.3, -0.25) is 19.0 Å². The summed E-state index contributed by atoms with van der Waals surface area (Å²) in [5.74, 6) is -0.130. The normalized spacial score (nSPS) is 10.7. The molecule has 0 aliphatic carbocycles. The lowest BCUT2D eigenvalue weighted by Crippen LogP contribution is -2.25. The number of aromatic nitrogens is 4. The molecule has 3 aromatic rings. The molecule has 25 heavy (non-hydrogen) atoms. The van der Waals surface area contributed by atoms with Gasteiger partial charge in [0.1, 0.15) is 5.76 Å². The molecule has 0 spiro atoms. The van der Waals surface area contributed by atoms with Gasteiger partial charge in [0, 0.05) is 26.0 Å². The highest BCUT2D eigenvalue weighted by Crippen LogP contribution is 2.16. The third-order valence-corrected chi connectivity index (χ3v) is 3.78. The van der Waals surface area contributed by atoms with Crippen LogP contribution in [0.4, 0.5) is 5.69 Å². The third-order valence-electron chi connectivity index (χ3n) is 3.78. The lowest BCUT2D eigenvalue weighted by molar-refractivity contribution is 0.0943. The Hall–Kier alpha value is -3.36. The molecule has 3 aromatic heterocycles. The monoisotopic (exact) mass is 342 g/mol. The second-order valence-electron chi connectivity index (χ2n) is 5.55. The maximum Gasteiger partial charge on any atom is 0.274 e. The van der Waals surface area contributed by atoms with Crippen molar-refractivity contribution >= 4 is 17.5 Å². The molecule has 2 amide bonds. The summed E-state index contributed by atoms with van der Waals surface area (Å²) in [6.45, 7) is 2.03. The summed E-state index contributed by atoms with van der Waals surface area (Å²) in [4.78, 5) is 24.8. The summed E-state index contributed by atoms with van der Waals surface area (Å²) in [5, 5.41) is 13.6. The van der Waals surface area contributed by atoms with Gasteiger partial charge < -0.3 is 15.1 Å². The van der Waals surface area contributed by atoms with Crippen molar-refractivity contribution in [3.63, 3.8) is 0 Å². The number of carbonyl (C=O) groups excluding carboxylic acids is 2. The van der Waals surface area contributed by atoms with E-state index in [2.05, 4.69) is 20.8 Å². The molecule has 9 heteroatoms. The van der Waals surface area contributed by atoms with Crippen LogP contribution < -0.4 is 10.6 Å². The number of hydrogen-bond acceptors (Lipinski definition) is 5. The van der Waals surface area contributed by atoms with E-state index < -0.39 is 5.91 Å². The highest BCUT2D eigenvalue weighted by atomic mass is 16.3. The standard InChI is InChI=1S/C16H18N6O3/c1-10-12(8-18-22(10)3)15(23)19-13-9-21(2)20-14(13)16(24)17-7-11-5-4-6-25-11/h4-6,8-9H,7H2,1-3H3,(H,17,24)(H,19,23). The van der Waals surface area contributed by atoms with Crippen LogP contribution in [0, 0.1) is 6.92 Å². The molecule has 3 heterocycles. The Morgan fingerprint density at radius 1 is 1.28 bits per heavy atom. The zero-order valence-corrected chi connectivity index (χ0v) is 14.1. The first-order valence-electron chi connectivity index (χ1n) is 7.60. The van der Waals surface area contributed by atoms with E-state index >= 15 is 0 Å². The molecule has 0 aliphatic rings. The molecule has 0 unspecified atom stereocenters. The summed E-state index contributed by atoms with van der Waals surface area (Å²) in [6, 6.07) is 3.50. The predicted octanol–water partition coefficient (Wildman–Crippen LogP) is 1.24. The molecule has 0 saturated carbocycles. The quantitative estimate of drug-likeness (QED) is 0.725. The average molecular weight is 342 g/mol. The maximum atomic E-state index is 12.4. The lowest BCUT2D eigenvalue weighted by atomic mass is 10.2. The Morgan fingerprint density at radius 3 is 2.72 bits per heavy atom. The minimum absolute atomic E-state index is 0.129. The summed E-state index contributed by atoms with van der Waals surface area (Å²) >= 11 is 0. The van der Waals surface area contributed by atoms with Crippen molar-refractivity contribution in [2.75, 3.05) is 5.32 Å². The molecule has 0 saturated heterocycles. The molecule has 0 fully saturated rings. The second kappa shape index (κ2) is 6.63. The first-order valence-corrected chi connectivity index (χ1v) is 7.60. The van der Waals surface area contributed by atoms with Crippen LogP contribution in [-0.4, -0.2) is 31.4 Å². The number of hydrogen-bond donors (Lipinski definition) is 2. The topological polar surface area (TPSA) is 107 Å². The molecule has 9 nitrogen and oxygen atoms in total. The first kappa shape index (κ1) is 16.5. The Morgan fingerprint density at radius 2 is 2.08 bits per heavy atom. The number of rotatable bonds is 5. The van der Waals surface area contributed by atoms with Gasteiger partial charge in [-0.25, -0.2) is 0 Å². The molecule has 0 aliphatic heterocycles. The second-order valence-corrected chi connectivity index (χ2v) is 5.55. The smallest absolute Gasteiger partial charge is 0.274 e. The van der Waals surface area contributed by atoms with Crippen LogP contribution in [-0.2, 0) is 20.6 Å². The summed E-state index contributed by atoms with van der Waals surface area (Å²) < 4.78 is 8.25. The van der Waals surface area contributed by atoms with Gasteiger partial charge in [-0.05, 0) is 19.1 Å². The van der Waals surface area contributed by atoms with Crippen LogP contribution in [0.15, 0.2) is 35.2 Å². The van der Waals surface area contributed by atoms with E-state index in [1.807, 2.05) is 0 Å². The molecular formula is C16H18N6O3. The third kappa shape index (κ3) is 3.44. The zero-order chi connectivity index (χ0) is 18.0. The minimum Gasteiger partial charge on any atom is -0.467 e. The van der Waals surface area contributed by atoms with Crippen molar-refractivity contribution < 1.29 is 14.0 Å². The van der Waals surface area contributed by atoms with Crippen LogP contribution in [0.3, 0.4) is 0 Å². The van der Waals surface area contributed by atoms with Crippen LogP contribution in [0.2, 0.25) is 0 Å². The van der Waals surface area contributed by atoms with E-state index in [0.717, 1.165) is 5.69 Å². The van der Waals surface area contributed by atoms with Crippen LogP contribution in [0.1, 0.15) is 32.3 Å². The van der Waals surface area contributed by atoms with Gasteiger partial charge in [-0.1, -0.05) is 0 Å². The van der Waals surface area contributed by atoms with Crippen LogP contribution in [0.5, 0.6) is 0 Å². The van der Waals surface area contributed by atoms with Crippen molar-refractivity contribution in [1.29, 1.82) is 0 Å². The molecule has 0 aromatic carbocycles. The minimum atomic E-state index is -0.407. The van der Waals surface area contributed by atoms with E-state index in [0.29, 0.717) is 17.0 Å². The molecule has 0 atom stereocenters. The number of nitrogens with one attached hydrogen (secondary N) is 2. The van der Waals surface area contributed by atoms with Crippen molar-refractivity contribution in [3.8, 4) is 0 Å². The van der Waals surface area contributed by atoms with Gasteiger partial charge in [0.15, 0.2) is 5.69 Å². The van der Waals surface area contributed by atoms with E-state index in [4.69, 9.17) is 4.42 Å². The largest absolute Gasteiger partial charge is 0.467 e. The molecule has 0 bridgehead atoms. The fourth-order valence-electron chi connectivity index (χ4n) is 2.32. The highest BCUT2D eigenvalue weighted by Gasteiger charge is 2.20. The van der Waals surface area contributed by atoms with Gasteiger partial charge >= 0.3 is 0 Å². The zero-order valence-electron chi connectivity index (χ0n) is 14.1. The van der Waals surface area contributed by atoms with Crippen molar-refractivity contribution in [1.82, 2.24) is 24.9 Å². The maximum absolute atomic E-state index is 12.4. The molecule has 130 valence electrons.